The minimum Gasteiger partial charge on any atom is -0.462 e. The molecule has 3 aliphatic rings. The summed E-state index contributed by atoms with van der Waals surface area (Å²) in [5, 5.41) is 0. The van der Waals surface area contributed by atoms with E-state index in [2.05, 4.69) is 13.5 Å². The van der Waals surface area contributed by atoms with Crippen molar-refractivity contribution in [2.24, 2.45) is 22.7 Å². The number of allylic oxidation sites excluding steroid dienone is 1. The Labute approximate surface area is 217 Å². The number of furan rings is 1. The lowest BCUT2D eigenvalue weighted by Crippen LogP contribution is -2.58. The predicted octanol–water partition coefficient (Wildman–Crippen LogP) is 4.98. The Balaban J connectivity index is 1.82. The van der Waals surface area contributed by atoms with E-state index >= 15 is 0 Å². The van der Waals surface area contributed by atoms with Gasteiger partial charge in [0, 0.05) is 32.1 Å². The molecule has 8 heteroatoms. The Morgan fingerprint density at radius 3 is 2.32 bits per heavy atom. The lowest BCUT2D eigenvalue weighted by molar-refractivity contribution is -0.169. The van der Waals surface area contributed by atoms with Crippen LogP contribution in [-0.2, 0) is 28.6 Å². The number of fused-ring (bicyclic) bond motifs is 3. The molecule has 3 aliphatic carbocycles. The number of hydrogen-bond donors (Lipinski definition) is 0. The summed E-state index contributed by atoms with van der Waals surface area (Å²) in [7, 11) is 0. The SMILES string of the molecule is C=C1[C@@H](OC(=O)c2ccco2)CC[C@@]2(C)C[C@H](OC(C)=O)C3=C(C)C(=O)C[C@@H]([C@@H](OC(C)=O)[C@H]12)C3(C)C. The first kappa shape index (κ1) is 26.9. The fourth-order valence-corrected chi connectivity index (χ4v) is 7.03. The van der Waals surface area contributed by atoms with Crippen LogP contribution in [-0.4, -0.2) is 42.0 Å². The molecule has 0 unspecified atom stereocenters. The monoisotopic (exact) mass is 512 g/mol. The number of carbonyl (C=O) groups excluding carboxylic acids is 4. The largest absolute Gasteiger partial charge is 0.462 e. The van der Waals surface area contributed by atoms with Crippen LogP contribution in [0.25, 0.3) is 0 Å². The van der Waals surface area contributed by atoms with Gasteiger partial charge in [0.05, 0.1) is 6.26 Å². The Morgan fingerprint density at radius 1 is 1.05 bits per heavy atom. The Bertz CT molecular complexity index is 1160. The molecule has 0 radical (unpaired) electrons. The third-order valence-corrected chi connectivity index (χ3v) is 8.67. The van der Waals surface area contributed by atoms with Crippen molar-refractivity contribution in [2.45, 2.75) is 85.5 Å². The number of carbonyl (C=O) groups is 4. The highest BCUT2D eigenvalue weighted by atomic mass is 16.6. The fraction of sp³-hybridized carbons (Fsp3) is 0.586. The van der Waals surface area contributed by atoms with Crippen LogP contribution in [0.1, 0.15) is 77.8 Å². The van der Waals surface area contributed by atoms with Crippen LogP contribution in [0.3, 0.4) is 0 Å². The highest BCUT2D eigenvalue weighted by Gasteiger charge is 2.59. The first-order valence-electron chi connectivity index (χ1n) is 12.8. The van der Waals surface area contributed by atoms with Gasteiger partial charge in [0.15, 0.2) is 5.78 Å². The maximum Gasteiger partial charge on any atom is 0.374 e. The van der Waals surface area contributed by atoms with E-state index in [1.807, 2.05) is 13.8 Å². The van der Waals surface area contributed by atoms with Crippen molar-refractivity contribution >= 4 is 23.7 Å². The van der Waals surface area contributed by atoms with Gasteiger partial charge in [0.25, 0.3) is 0 Å². The van der Waals surface area contributed by atoms with Crippen molar-refractivity contribution in [1.82, 2.24) is 0 Å². The molecule has 8 nitrogen and oxygen atoms in total. The molecule has 0 spiro atoms. The van der Waals surface area contributed by atoms with Gasteiger partial charge < -0.3 is 18.6 Å². The number of Topliss-reactive ketones (excluding diaryl/α,β-unsaturated/α-hetero) is 1. The molecule has 6 atom stereocenters. The summed E-state index contributed by atoms with van der Waals surface area (Å²) in [6.07, 6.45) is 1.20. The average molecular weight is 513 g/mol. The van der Waals surface area contributed by atoms with Crippen molar-refractivity contribution in [3.63, 3.8) is 0 Å². The zero-order valence-electron chi connectivity index (χ0n) is 22.4. The summed E-state index contributed by atoms with van der Waals surface area (Å²) in [5.41, 5.74) is 0.900. The molecule has 0 aromatic carbocycles. The second-order valence-corrected chi connectivity index (χ2v) is 11.5. The summed E-state index contributed by atoms with van der Waals surface area (Å²) in [6.45, 7) is 15.0. The number of rotatable bonds is 4. The second kappa shape index (κ2) is 9.62. The van der Waals surface area contributed by atoms with E-state index in [1.54, 1.807) is 13.0 Å². The summed E-state index contributed by atoms with van der Waals surface area (Å²) in [4.78, 5) is 50.6. The number of esters is 3. The van der Waals surface area contributed by atoms with E-state index in [0.717, 1.165) is 5.57 Å². The minimum absolute atomic E-state index is 0.0561. The average Bonchev–Trinajstić information content (AvgIpc) is 3.31. The number of ketones is 1. The van der Waals surface area contributed by atoms with Crippen molar-refractivity contribution < 1.29 is 37.8 Å². The highest BCUT2D eigenvalue weighted by Crippen LogP contribution is 2.59. The molecule has 200 valence electrons. The van der Waals surface area contributed by atoms with E-state index in [0.29, 0.717) is 30.4 Å². The minimum atomic E-state index is -0.680. The molecule has 1 aromatic rings. The second-order valence-electron chi connectivity index (χ2n) is 11.5. The van der Waals surface area contributed by atoms with E-state index in [1.165, 1.54) is 26.2 Å². The first-order chi connectivity index (χ1) is 17.3. The van der Waals surface area contributed by atoms with Crippen LogP contribution in [0, 0.1) is 22.7 Å². The number of hydrogen-bond acceptors (Lipinski definition) is 8. The molecule has 37 heavy (non-hydrogen) atoms. The number of ether oxygens (including phenoxy) is 3. The van der Waals surface area contributed by atoms with Gasteiger partial charge in [-0.25, -0.2) is 4.79 Å². The molecule has 0 aliphatic heterocycles. The third kappa shape index (κ3) is 4.78. The van der Waals surface area contributed by atoms with Gasteiger partial charge in [-0.2, -0.15) is 0 Å². The lowest BCUT2D eigenvalue weighted by atomic mass is 9.50. The Kier molecular flexibility index (Phi) is 6.99. The molecule has 2 bridgehead atoms. The molecular weight excluding hydrogens is 476 g/mol. The molecule has 2 saturated carbocycles. The van der Waals surface area contributed by atoms with E-state index < -0.39 is 53.0 Å². The maximum absolute atomic E-state index is 13.2. The first-order valence-corrected chi connectivity index (χ1v) is 12.8. The molecule has 4 rings (SSSR count). The standard InChI is InChI=1S/C29H36O8/c1-15-20(32)13-19-26(36-18(4)31)25-16(2)21(37-27(33)22-9-8-12-34-22)10-11-29(25,7)14-23(35-17(3)30)24(15)28(19,5)6/h8-9,12,19,21,23,25-26H,2,10-11,13-14H2,1,3-7H3/t19-,21-,23-,25-,26+,29-/m0/s1. The van der Waals surface area contributed by atoms with Crippen LogP contribution in [0.5, 0.6) is 0 Å². The summed E-state index contributed by atoms with van der Waals surface area (Å²) in [5.74, 6) is -2.26. The predicted molar refractivity (Wildman–Crippen MR) is 133 cm³/mol. The summed E-state index contributed by atoms with van der Waals surface area (Å²) < 4.78 is 22.9. The van der Waals surface area contributed by atoms with Gasteiger partial charge in [-0.05, 0) is 65.9 Å². The lowest BCUT2D eigenvalue weighted by Gasteiger charge is -2.57. The van der Waals surface area contributed by atoms with E-state index in [9.17, 15) is 19.2 Å². The van der Waals surface area contributed by atoms with Crippen LogP contribution < -0.4 is 0 Å². The van der Waals surface area contributed by atoms with Crippen LogP contribution >= 0.6 is 0 Å². The molecule has 0 amide bonds. The van der Waals surface area contributed by atoms with E-state index in [4.69, 9.17) is 18.6 Å². The normalized spacial score (nSPS) is 33.1. The molecule has 0 N–H and O–H groups in total. The smallest absolute Gasteiger partial charge is 0.374 e. The molecule has 0 saturated heterocycles. The fourth-order valence-electron chi connectivity index (χ4n) is 7.03. The van der Waals surface area contributed by atoms with Crippen LogP contribution in [0.4, 0.5) is 0 Å². The third-order valence-electron chi connectivity index (χ3n) is 8.67. The van der Waals surface area contributed by atoms with Crippen LogP contribution in [0.2, 0.25) is 0 Å². The quantitative estimate of drug-likeness (QED) is 0.316. The van der Waals surface area contributed by atoms with Gasteiger partial charge in [-0.15, -0.1) is 0 Å². The molecule has 1 heterocycles. The molecular formula is C29H36O8. The zero-order valence-corrected chi connectivity index (χ0v) is 22.4. The Hall–Kier alpha value is -3.16. The summed E-state index contributed by atoms with van der Waals surface area (Å²) in [6, 6.07) is 3.14. The van der Waals surface area contributed by atoms with Crippen molar-refractivity contribution in [1.29, 1.82) is 0 Å². The molecule has 2 fully saturated rings. The van der Waals surface area contributed by atoms with Crippen molar-refractivity contribution in [3.05, 3.63) is 47.5 Å². The van der Waals surface area contributed by atoms with Gasteiger partial charge in [0.1, 0.15) is 18.3 Å². The van der Waals surface area contributed by atoms with Gasteiger partial charge in [-0.3, -0.25) is 14.4 Å². The topological polar surface area (TPSA) is 109 Å². The van der Waals surface area contributed by atoms with Gasteiger partial charge in [0.2, 0.25) is 5.76 Å². The molecule has 1 aromatic heterocycles. The zero-order chi connectivity index (χ0) is 27.3. The van der Waals surface area contributed by atoms with Crippen molar-refractivity contribution in [2.75, 3.05) is 0 Å². The maximum atomic E-state index is 13.2. The van der Waals surface area contributed by atoms with Gasteiger partial charge >= 0.3 is 17.9 Å². The Morgan fingerprint density at radius 2 is 1.73 bits per heavy atom. The van der Waals surface area contributed by atoms with Gasteiger partial charge in [-0.1, -0.05) is 27.4 Å². The van der Waals surface area contributed by atoms with E-state index in [-0.39, 0.29) is 23.9 Å². The highest BCUT2D eigenvalue weighted by molar-refractivity contribution is 5.97. The van der Waals surface area contributed by atoms with Crippen molar-refractivity contribution in [3.8, 4) is 0 Å². The van der Waals surface area contributed by atoms with Crippen LogP contribution in [0.15, 0.2) is 46.1 Å². The summed E-state index contributed by atoms with van der Waals surface area (Å²) >= 11 is 0.